The van der Waals surface area contributed by atoms with E-state index in [0.717, 1.165) is 5.56 Å². The molecule has 35 heavy (non-hydrogen) atoms. The third kappa shape index (κ3) is 4.54. The van der Waals surface area contributed by atoms with Gasteiger partial charge in [0.05, 0.1) is 0 Å². The molecule has 0 aliphatic carbocycles. The minimum absolute atomic E-state index is 0.0881. The molecule has 4 rings (SSSR count). The van der Waals surface area contributed by atoms with Crippen LogP contribution in [0.15, 0.2) is 54.6 Å². The number of hydrogen-bond donors (Lipinski definition) is 1. The molecule has 1 spiro atoms. The van der Waals surface area contributed by atoms with Gasteiger partial charge >= 0.3 is 6.18 Å². The summed E-state index contributed by atoms with van der Waals surface area (Å²) in [7, 11) is 0. The highest BCUT2D eigenvalue weighted by molar-refractivity contribution is 6.31. The van der Waals surface area contributed by atoms with E-state index in [1.165, 1.54) is 36.1 Å². The predicted molar refractivity (Wildman–Crippen MR) is 126 cm³/mol. The van der Waals surface area contributed by atoms with Crippen LogP contribution in [-0.2, 0) is 19.9 Å². The highest BCUT2D eigenvalue weighted by Gasteiger charge is 2.64. The Kier molecular flexibility index (Phi) is 7.16. The van der Waals surface area contributed by atoms with Gasteiger partial charge in [0.15, 0.2) is 0 Å². The fourth-order valence-electron chi connectivity index (χ4n) is 5.56. The van der Waals surface area contributed by atoms with E-state index in [-0.39, 0.29) is 43.5 Å². The summed E-state index contributed by atoms with van der Waals surface area (Å²) in [6.07, 6.45) is -3.95. The first kappa shape index (κ1) is 25.5. The molecule has 9 heteroatoms. The van der Waals surface area contributed by atoms with Crippen molar-refractivity contribution in [1.82, 2.24) is 10.2 Å². The van der Waals surface area contributed by atoms with Gasteiger partial charge in [-0.15, -0.1) is 0 Å². The van der Waals surface area contributed by atoms with Gasteiger partial charge in [-0.3, -0.25) is 9.59 Å². The molecule has 2 aromatic rings. The van der Waals surface area contributed by atoms with Crippen LogP contribution in [0.1, 0.15) is 43.2 Å². The molecule has 2 aliphatic rings. The average Bonchev–Trinajstić information content (AvgIpc) is 2.83. The Labute approximate surface area is 207 Å². The second-order valence-electron chi connectivity index (χ2n) is 9.19. The van der Waals surface area contributed by atoms with E-state index in [1.807, 2.05) is 18.2 Å². The number of nitrogens with one attached hydrogen (secondary N) is 1. The lowest BCUT2D eigenvalue weighted by molar-refractivity contribution is -0.277. The second-order valence-corrected chi connectivity index (χ2v) is 9.59. The summed E-state index contributed by atoms with van der Waals surface area (Å²) in [4.78, 5) is 27.2. The zero-order valence-electron chi connectivity index (χ0n) is 19.4. The molecule has 0 radical (unpaired) electrons. The molecule has 5 nitrogen and oxygen atoms in total. The van der Waals surface area contributed by atoms with Gasteiger partial charge in [-0.05, 0) is 36.8 Å². The summed E-state index contributed by atoms with van der Waals surface area (Å²) in [5.41, 5.74) is -2.93. The number of rotatable bonds is 5. The highest BCUT2D eigenvalue weighted by atomic mass is 35.5. The third-order valence-corrected chi connectivity index (χ3v) is 7.67. The minimum atomic E-state index is -4.96. The lowest BCUT2D eigenvalue weighted by atomic mass is 9.62. The molecule has 2 fully saturated rings. The number of benzene rings is 2. The van der Waals surface area contributed by atoms with Gasteiger partial charge in [-0.2, -0.15) is 13.2 Å². The molecule has 2 aromatic carbocycles. The normalized spacial score (nSPS) is 21.9. The monoisotopic (exact) mass is 508 g/mol. The average molecular weight is 509 g/mol. The molecular weight excluding hydrogens is 481 g/mol. The number of piperidine rings is 2. The zero-order chi connectivity index (χ0) is 25.3. The zero-order valence-corrected chi connectivity index (χ0v) is 20.2. The van der Waals surface area contributed by atoms with Crippen LogP contribution in [0, 0.1) is 5.41 Å². The molecule has 188 valence electrons. The molecular formula is C26H28ClF3N2O3. The van der Waals surface area contributed by atoms with Gasteiger partial charge < -0.3 is 15.0 Å². The van der Waals surface area contributed by atoms with Crippen LogP contribution in [0.25, 0.3) is 0 Å². The topological polar surface area (TPSA) is 58.6 Å². The molecule has 0 bridgehead atoms. The van der Waals surface area contributed by atoms with Crippen molar-refractivity contribution in [1.29, 1.82) is 0 Å². The van der Waals surface area contributed by atoms with Gasteiger partial charge in [0.25, 0.3) is 11.5 Å². The van der Waals surface area contributed by atoms with Crippen molar-refractivity contribution in [3.63, 3.8) is 0 Å². The number of likely N-dealkylation sites (tertiary alicyclic amines) is 1. The van der Waals surface area contributed by atoms with Gasteiger partial charge in [0.1, 0.15) is 0 Å². The van der Waals surface area contributed by atoms with Gasteiger partial charge in [-0.1, -0.05) is 60.1 Å². The largest absolute Gasteiger partial charge is 0.430 e. The van der Waals surface area contributed by atoms with Crippen molar-refractivity contribution >= 4 is 23.4 Å². The Hall–Kier alpha value is -2.58. The first-order valence-electron chi connectivity index (χ1n) is 11.7. The van der Waals surface area contributed by atoms with Crippen LogP contribution in [0.2, 0.25) is 5.02 Å². The van der Waals surface area contributed by atoms with Crippen LogP contribution >= 0.6 is 11.6 Å². The molecule has 1 unspecified atom stereocenters. The Bertz CT molecular complexity index is 1070. The van der Waals surface area contributed by atoms with Crippen LogP contribution < -0.4 is 5.32 Å². The summed E-state index contributed by atoms with van der Waals surface area (Å²) in [5, 5.41) is 3.49. The summed E-state index contributed by atoms with van der Waals surface area (Å²) >= 11 is 6.47. The molecule has 2 aliphatic heterocycles. The lowest BCUT2D eigenvalue weighted by Gasteiger charge is -2.50. The molecule has 2 saturated heterocycles. The Morgan fingerprint density at radius 2 is 1.74 bits per heavy atom. The molecule has 2 heterocycles. The SMILES string of the molecule is CCO[C@@](C(=O)N1CCC2(CC1)CC(=O)NCC2c1ccccc1Cl)(c1ccccc1)C(F)(F)F. The van der Waals surface area contributed by atoms with Crippen LogP contribution in [0.3, 0.4) is 0 Å². The number of amides is 2. The van der Waals surface area contributed by atoms with Crippen molar-refractivity contribution in [3.05, 3.63) is 70.7 Å². The van der Waals surface area contributed by atoms with Gasteiger partial charge in [0.2, 0.25) is 5.91 Å². The van der Waals surface area contributed by atoms with Gasteiger partial charge in [0, 0.05) is 49.2 Å². The first-order chi connectivity index (χ1) is 16.6. The van der Waals surface area contributed by atoms with E-state index in [4.69, 9.17) is 16.3 Å². The standard InChI is InChI=1S/C26H28ClF3N2O3/c1-2-35-25(26(28,29)30,18-8-4-3-5-9-18)23(34)32-14-12-24(13-15-32)16-22(33)31-17-20(24)19-10-6-7-11-21(19)27/h3-11,20H,2,12-17H2,1H3,(H,31,33)/t20?,25-/m1/s1. The Morgan fingerprint density at radius 1 is 1.11 bits per heavy atom. The minimum Gasteiger partial charge on any atom is -0.355 e. The number of nitrogens with zero attached hydrogens (tertiary/aromatic N) is 1. The van der Waals surface area contributed by atoms with E-state index in [0.29, 0.717) is 24.4 Å². The fraction of sp³-hybridized carbons (Fsp3) is 0.462. The molecule has 2 atom stereocenters. The lowest BCUT2D eigenvalue weighted by Crippen LogP contribution is -2.60. The molecule has 0 aromatic heterocycles. The Balaban J connectivity index is 1.64. The van der Waals surface area contributed by atoms with Crippen LogP contribution in [0.4, 0.5) is 13.2 Å². The second kappa shape index (κ2) is 9.82. The number of alkyl halides is 3. The van der Waals surface area contributed by atoms with E-state index in [2.05, 4.69) is 5.32 Å². The van der Waals surface area contributed by atoms with Crippen molar-refractivity contribution in [2.45, 2.75) is 43.9 Å². The number of halogens is 4. The molecule has 2 amide bonds. The number of ether oxygens (including phenoxy) is 1. The fourth-order valence-corrected chi connectivity index (χ4v) is 5.83. The summed E-state index contributed by atoms with van der Waals surface area (Å²) in [6.45, 7) is 1.73. The van der Waals surface area contributed by atoms with Gasteiger partial charge in [-0.25, -0.2) is 0 Å². The van der Waals surface area contributed by atoms with E-state index in [1.54, 1.807) is 12.1 Å². The van der Waals surface area contributed by atoms with Crippen molar-refractivity contribution in [2.75, 3.05) is 26.2 Å². The first-order valence-corrected chi connectivity index (χ1v) is 12.1. The maximum atomic E-state index is 14.5. The van der Waals surface area contributed by atoms with E-state index in [9.17, 15) is 22.8 Å². The quantitative estimate of drug-likeness (QED) is 0.615. The third-order valence-electron chi connectivity index (χ3n) is 7.32. The smallest absolute Gasteiger partial charge is 0.355 e. The van der Waals surface area contributed by atoms with E-state index >= 15 is 0 Å². The van der Waals surface area contributed by atoms with E-state index < -0.39 is 23.1 Å². The highest BCUT2D eigenvalue weighted by Crippen LogP contribution is 2.51. The molecule has 0 saturated carbocycles. The molecule has 1 N–H and O–H groups in total. The van der Waals surface area contributed by atoms with Crippen LogP contribution in [-0.4, -0.2) is 49.1 Å². The number of hydrogen-bond acceptors (Lipinski definition) is 3. The maximum Gasteiger partial charge on any atom is 0.430 e. The number of carbonyl (C=O) groups is 2. The summed E-state index contributed by atoms with van der Waals surface area (Å²) in [5.74, 6) is -1.32. The summed E-state index contributed by atoms with van der Waals surface area (Å²) in [6, 6.07) is 14.5. The van der Waals surface area contributed by atoms with Crippen molar-refractivity contribution in [3.8, 4) is 0 Å². The van der Waals surface area contributed by atoms with Crippen molar-refractivity contribution < 1.29 is 27.5 Å². The summed E-state index contributed by atoms with van der Waals surface area (Å²) < 4.78 is 48.9. The van der Waals surface area contributed by atoms with Crippen molar-refractivity contribution in [2.24, 2.45) is 5.41 Å². The maximum absolute atomic E-state index is 14.5. The number of carbonyl (C=O) groups excluding carboxylic acids is 2. The predicted octanol–water partition coefficient (Wildman–Crippen LogP) is 5.05. The van der Waals surface area contributed by atoms with Crippen LogP contribution in [0.5, 0.6) is 0 Å². The Morgan fingerprint density at radius 3 is 2.34 bits per heavy atom.